The van der Waals surface area contributed by atoms with E-state index in [1.54, 1.807) is 0 Å². The maximum atomic E-state index is 13.1. The van der Waals surface area contributed by atoms with E-state index in [4.69, 9.17) is 9.47 Å². The molecule has 1 saturated carbocycles. The summed E-state index contributed by atoms with van der Waals surface area (Å²) in [6.07, 6.45) is 4.06. The molecule has 27 heavy (non-hydrogen) atoms. The number of ether oxygens (including phenoxy) is 2. The fourth-order valence-corrected chi connectivity index (χ4v) is 6.17. The van der Waals surface area contributed by atoms with E-state index < -0.39 is 38.7 Å². The Morgan fingerprint density at radius 1 is 0.963 bits per heavy atom. The predicted octanol–water partition coefficient (Wildman–Crippen LogP) is 1.95. The molecule has 0 amide bonds. The Labute approximate surface area is 157 Å². The maximum absolute atomic E-state index is 13.1. The molecule has 9 heteroatoms. The van der Waals surface area contributed by atoms with Crippen LogP contribution in [0.5, 0.6) is 0 Å². The number of nitrogens with zero attached hydrogens (tertiary/aromatic N) is 1. The van der Waals surface area contributed by atoms with Crippen molar-refractivity contribution in [1.82, 2.24) is 4.57 Å². The van der Waals surface area contributed by atoms with Gasteiger partial charge in [-0.15, -0.1) is 0 Å². The third-order valence-corrected chi connectivity index (χ3v) is 7.32. The van der Waals surface area contributed by atoms with Crippen molar-refractivity contribution in [3.05, 3.63) is 22.5 Å². The van der Waals surface area contributed by atoms with E-state index in [1.165, 1.54) is 18.6 Å². The van der Waals surface area contributed by atoms with Crippen molar-refractivity contribution in [2.75, 3.05) is 14.2 Å². The maximum Gasteiger partial charge on any atom is 0.340 e. The Balaban J connectivity index is 2.20. The van der Waals surface area contributed by atoms with Crippen molar-refractivity contribution >= 4 is 27.6 Å². The molecule has 1 aliphatic heterocycles. The molecule has 1 aromatic rings. The highest BCUT2D eigenvalue weighted by molar-refractivity contribution is 7.91. The minimum absolute atomic E-state index is 0.0373. The molecule has 3 rings (SSSR count). The van der Waals surface area contributed by atoms with Gasteiger partial charge in [0.15, 0.2) is 20.9 Å². The molecule has 0 bridgehead atoms. The zero-order valence-electron chi connectivity index (χ0n) is 15.6. The second kappa shape index (κ2) is 7.10. The summed E-state index contributed by atoms with van der Waals surface area (Å²) in [7, 11) is -1.52. The third-order valence-electron chi connectivity index (χ3n) is 5.53. The van der Waals surface area contributed by atoms with Gasteiger partial charge in [0.25, 0.3) is 0 Å². The smallest absolute Gasteiger partial charge is 0.340 e. The normalized spacial score (nSPS) is 21.5. The second-order valence-corrected chi connectivity index (χ2v) is 9.10. The molecule has 1 aliphatic carbocycles. The standard InChI is InChI=1S/C18H23NO7S/c1-10-12(17(21)25-2)13(18(22)26-3)14-16(27(23,24)9-19(10)14)15(20)11-7-5-4-6-8-11/h11,16H,4-9H2,1-3H3. The number of carbonyl (C=O) groups is 3. The van der Waals surface area contributed by atoms with Crippen LogP contribution < -0.4 is 0 Å². The number of hydrogen-bond donors (Lipinski definition) is 0. The second-order valence-electron chi connectivity index (χ2n) is 7.04. The number of ketones is 1. The summed E-state index contributed by atoms with van der Waals surface area (Å²) in [4.78, 5) is 37.8. The summed E-state index contributed by atoms with van der Waals surface area (Å²) in [6.45, 7) is 1.53. The highest BCUT2D eigenvalue weighted by Gasteiger charge is 2.50. The van der Waals surface area contributed by atoms with Crippen LogP contribution in [0.4, 0.5) is 0 Å². The molecule has 1 aromatic heterocycles. The van der Waals surface area contributed by atoms with Gasteiger partial charge in [0.05, 0.1) is 31.0 Å². The highest BCUT2D eigenvalue weighted by Crippen LogP contribution is 2.43. The number of aromatic nitrogens is 1. The van der Waals surface area contributed by atoms with Crippen molar-refractivity contribution in [2.24, 2.45) is 5.92 Å². The monoisotopic (exact) mass is 397 g/mol. The van der Waals surface area contributed by atoms with Gasteiger partial charge in [-0.05, 0) is 19.8 Å². The van der Waals surface area contributed by atoms with Crippen LogP contribution in [0.2, 0.25) is 0 Å². The van der Waals surface area contributed by atoms with E-state index in [0.717, 1.165) is 26.4 Å². The van der Waals surface area contributed by atoms with Gasteiger partial charge in [0.1, 0.15) is 5.88 Å². The summed E-state index contributed by atoms with van der Waals surface area (Å²) in [5.41, 5.74) is 0.0860. The number of carbonyl (C=O) groups excluding carboxylic acids is 3. The number of rotatable bonds is 4. The summed E-state index contributed by atoms with van der Waals surface area (Å²) in [6, 6.07) is 0. The SMILES string of the molecule is COC(=O)c1c(C(=O)OC)c2n(c1C)CS(=O)(=O)C2C(=O)C1CCCCC1. The molecule has 0 radical (unpaired) electrons. The Morgan fingerprint density at radius 3 is 2.07 bits per heavy atom. The Hall–Kier alpha value is -2.16. The molecule has 2 heterocycles. The van der Waals surface area contributed by atoms with Gasteiger partial charge >= 0.3 is 11.9 Å². The van der Waals surface area contributed by atoms with E-state index in [2.05, 4.69) is 0 Å². The molecular formula is C18H23NO7S. The van der Waals surface area contributed by atoms with Crippen LogP contribution >= 0.6 is 0 Å². The molecule has 0 aromatic carbocycles. The fourth-order valence-electron chi connectivity index (χ4n) is 4.20. The number of Topliss-reactive ketones (excluding diaryl/α,β-unsaturated/α-hetero) is 1. The molecule has 0 N–H and O–H groups in total. The van der Waals surface area contributed by atoms with Crippen LogP contribution in [0.1, 0.15) is 69.5 Å². The van der Waals surface area contributed by atoms with Crippen LogP contribution in [0.15, 0.2) is 0 Å². The highest BCUT2D eigenvalue weighted by atomic mass is 32.2. The van der Waals surface area contributed by atoms with Crippen molar-refractivity contribution in [3.8, 4) is 0 Å². The lowest BCUT2D eigenvalue weighted by Crippen LogP contribution is -2.28. The van der Waals surface area contributed by atoms with Crippen LogP contribution in [-0.4, -0.2) is 44.9 Å². The average Bonchev–Trinajstić information content (AvgIpc) is 3.09. The molecule has 8 nitrogen and oxygen atoms in total. The average molecular weight is 397 g/mol. The molecule has 2 aliphatic rings. The molecule has 1 unspecified atom stereocenters. The van der Waals surface area contributed by atoms with E-state index in [9.17, 15) is 22.8 Å². The first-order chi connectivity index (χ1) is 12.7. The number of methoxy groups -OCH3 is 2. The Bertz CT molecular complexity index is 907. The van der Waals surface area contributed by atoms with Gasteiger partial charge in [0.2, 0.25) is 0 Å². The molecule has 1 fully saturated rings. The molecule has 1 atom stereocenters. The van der Waals surface area contributed by atoms with Crippen LogP contribution in [0, 0.1) is 12.8 Å². The van der Waals surface area contributed by atoms with Crippen LogP contribution in [0.3, 0.4) is 0 Å². The minimum Gasteiger partial charge on any atom is -0.465 e. The summed E-state index contributed by atoms with van der Waals surface area (Å²) < 4.78 is 36.5. The zero-order valence-corrected chi connectivity index (χ0v) is 16.4. The van der Waals surface area contributed by atoms with Crippen LogP contribution in [-0.2, 0) is 30.0 Å². The van der Waals surface area contributed by atoms with Crippen molar-refractivity contribution < 1.29 is 32.3 Å². The van der Waals surface area contributed by atoms with Gasteiger partial charge < -0.3 is 14.0 Å². The lowest BCUT2D eigenvalue weighted by molar-refractivity contribution is -0.123. The largest absolute Gasteiger partial charge is 0.465 e. The van der Waals surface area contributed by atoms with E-state index in [1.807, 2.05) is 0 Å². The molecule has 0 spiro atoms. The zero-order chi connectivity index (χ0) is 19.9. The number of hydrogen-bond acceptors (Lipinski definition) is 7. The number of fused-ring (bicyclic) bond motifs is 1. The topological polar surface area (TPSA) is 109 Å². The van der Waals surface area contributed by atoms with Gasteiger partial charge in [-0.25, -0.2) is 18.0 Å². The molecule has 148 valence electrons. The van der Waals surface area contributed by atoms with E-state index in [-0.39, 0.29) is 28.4 Å². The fraction of sp³-hybridized carbons (Fsp3) is 0.611. The van der Waals surface area contributed by atoms with Crippen molar-refractivity contribution in [1.29, 1.82) is 0 Å². The Morgan fingerprint density at radius 2 is 1.52 bits per heavy atom. The van der Waals surface area contributed by atoms with Gasteiger partial charge in [-0.1, -0.05) is 19.3 Å². The Kier molecular flexibility index (Phi) is 5.16. The first-order valence-corrected chi connectivity index (χ1v) is 10.6. The van der Waals surface area contributed by atoms with E-state index >= 15 is 0 Å². The quantitative estimate of drug-likeness (QED) is 0.714. The van der Waals surface area contributed by atoms with Crippen molar-refractivity contribution in [2.45, 2.75) is 50.2 Å². The summed E-state index contributed by atoms with van der Waals surface area (Å²) >= 11 is 0. The minimum atomic E-state index is -3.83. The lowest BCUT2D eigenvalue weighted by atomic mass is 9.84. The van der Waals surface area contributed by atoms with Crippen molar-refractivity contribution in [3.63, 3.8) is 0 Å². The molecule has 0 saturated heterocycles. The van der Waals surface area contributed by atoms with Gasteiger partial charge in [-0.3, -0.25) is 4.79 Å². The third kappa shape index (κ3) is 3.07. The first kappa shape index (κ1) is 19.6. The lowest BCUT2D eigenvalue weighted by Gasteiger charge is -2.23. The number of esters is 2. The van der Waals surface area contributed by atoms with Crippen LogP contribution in [0.25, 0.3) is 0 Å². The summed E-state index contributed by atoms with van der Waals surface area (Å²) in [5, 5.41) is -1.45. The first-order valence-electron chi connectivity index (χ1n) is 8.89. The molecular weight excluding hydrogens is 374 g/mol. The number of sulfone groups is 1. The van der Waals surface area contributed by atoms with E-state index in [0.29, 0.717) is 12.8 Å². The summed E-state index contributed by atoms with van der Waals surface area (Å²) in [5.74, 6) is -2.82. The van der Waals surface area contributed by atoms with Gasteiger partial charge in [0, 0.05) is 11.6 Å². The predicted molar refractivity (Wildman–Crippen MR) is 95.1 cm³/mol. The van der Waals surface area contributed by atoms with Gasteiger partial charge in [-0.2, -0.15) is 0 Å².